The summed E-state index contributed by atoms with van der Waals surface area (Å²) in [6.45, 7) is 5.22. The number of guanidine groups is 1. The van der Waals surface area contributed by atoms with Gasteiger partial charge in [0.25, 0.3) is 0 Å². The Bertz CT molecular complexity index is 532. The van der Waals surface area contributed by atoms with Crippen molar-refractivity contribution in [2.45, 2.75) is 32.3 Å². The second-order valence-electron chi connectivity index (χ2n) is 6.33. The number of hydrogen-bond donors (Lipinski definition) is 2. The first kappa shape index (κ1) is 19.4. The smallest absolute Gasteiger partial charge is 0.191 e. The summed E-state index contributed by atoms with van der Waals surface area (Å²) < 4.78 is 16.9. The van der Waals surface area contributed by atoms with Gasteiger partial charge in [-0.3, -0.25) is 4.99 Å². The molecule has 1 aromatic carbocycles. The van der Waals surface area contributed by atoms with Crippen LogP contribution in [0.25, 0.3) is 0 Å². The van der Waals surface area contributed by atoms with E-state index in [0.717, 1.165) is 49.6 Å². The van der Waals surface area contributed by atoms with Gasteiger partial charge in [-0.05, 0) is 44.2 Å². The monoisotopic (exact) mass is 349 g/mol. The third-order valence-corrected chi connectivity index (χ3v) is 3.99. The summed E-state index contributed by atoms with van der Waals surface area (Å²) in [4.78, 5) is 4.23. The first-order chi connectivity index (χ1) is 12.2. The Labute approximate surface area is 151 Å². The summed E-state index contributed by atoms with van der Waals surface area (Å²) in [6, 6.07) is 7.66. The highest BCUT2D eigenvalue weighted by atomic mass is 16.5. The predicted molar refractivity (Wildman–Crippen MR) is 101 cm³/mol. The average molecular weight is 349 g/mol. The fraction of sp³-hybridized carbons (Fsp3) is 0.632. The molecule has 1 aliphatic rings. The zero-order valence-electron chi connectivity index (χ0n) is 15.6. The van der Waals surface area contributed by atoms with Crippen molar-refractivity contribution in [2.75, 3.05) is 40.5 Å². The average Bonchev–Trinajstić information content (AvgIpc) is 3.45. The van der Waals surface area contributed by atoms with E-state index >= 15 is 0 Å². The van der Waals surface area contributed by atoms with Crippen molar-refractivity contribution >= 4 is 5.96 Å². The topological polar surface area (TPSA) is 64.1 Å². The second kappa shape index (κ2) is 10.8. The molecule has 1 unspecified atom stereocenters. The van der Waals surface area contributed by atoms with Gasteiger partial charge in [0.2, 0.25) is 0 Å². The second-order valence-corrected chi connectivity index (χ2v) is 6.33. The molecule has 0 radical (unpaired) electrons. The molecular weight excluding hydrogens is 318 g/mol. The van der Waals surface area contributed by atoms with Crippen LogP contribution in [-0.2, 0) is 4.74 Å². The lowest BCUT2D eigenvalue weighted by atomic mass is 10.3. The van der Waals surface area contributed by atoms with Gasteiger partial charge >= 0.3 is 0 Å². The minimum atomic E-state index is -0.0169. The number of benzene rings is 1. The summed E-state index contributed by atoms with van der Waals surface area (Å²) in [7, 11) is 3.41. The van der Waals surface area contributed by atoms with Crippen molar-refractivity contribution in [2.24, 2.45) is 10.9 Å². The zero-order valence-corrected chi connectivity index (χ0v) is 15.6. The van der Waals surface area contributed by atoms with Gasteiger partial charge in [-0.15, -0.1) is 0 Å². The zero-order chi connectivity index (χ0) is 17.9. The van der Waals surface area contributed by atoms with Crippen LogP contribution in [0.2, 0.25) is 0 Å². The Morgan fingerprint density at radius 2 is 2.00 bits per heavy atom. The van der Waals surface area contributed by atoms with Gasteiger partial charge in [-0.1, -0.05) is 12.1 Å². The van der Waals surface area contributed by atoms with Crippen molar-refractivity contribution in [3.05, 3.63) is 24.3 Å². The summed E-state index contributed by atoms with van der Waals surface area (Å²) in [5.41, 5.74) is 0. The Hall–Kier alpha value is -1.95. The highest BCUT2D eigenvalue weighted by Crippen LogP contribution is 2.28. The summed E-state index contributed by atoms with van der Waals surface area (Å²) >= 11 is 0. The van der Waals surface area contributed by atoms with Gasteiger partial charge in [0.15, 0.2) is 17.5 Å². The van der Waals surface area contributed by atoms with Crippen LogP contribution in [0.3, 0.4) is 0 Å². The molecule has 0 heterocycles. The first-order valence-electron chi connectivity index (χ1n) is 9.05. The van der Waals surface area contributed by atoms with Crippen LogP contribution in [0.15, 0.2) is 29.3 Å². The molecule has 1 aliphatic carbocycles. The van der Waals surface area contributed by atoms with Crippen molar-refractivity contribution in [3.8, 4) is 11.5 Å². The standard InChI is InChI=1S/C19H31N3O3/c1-15(25-18-8-5-4-7-17(18)23-3)13-22-19(20-2)21-11-6-12-24-14-16-9-10-16/h4-5,7-8,15-16H,6,9-14H2,1-3H3,(H2,20,21,22). The number of rotatable bonds is 11. The SMILES string of the molecule is CN=C(NCCCOCC1CC1)NCC(C)Oc1ccccc1OC. The molecule has 0 spiro atoms. The normalized spacial score (nSPS) is 15.6. The third kappa shape index (κ3) is 7.65. The predicted octanol–water partition coefficient (Wildman–Crippen LogP) is 2.44. The number of nitrogens with zero attached hydrogens (tertiary/aromatic N) is 1. The van der Waals surface area contributed by atoms with Crippen LogP contribution in [0.5, 0.6) is 11.5 Å². The van der Waals surface area contributed by atoms with Gasteiger partial charge in [-0.2, -0.15) is 0 Å². The molecule has 1 saturated carbocycles. The van der Waals surface area contributed by atoms with E-state index < -0.39 is 0 Å². The lowest BCUT2D eigenvalue weighted by molar-refractivity contribution is 0.123. The molecule has 2 rings (SSSR count). The molecule has 1 aromatic rings. The number of methoxy groups -OCH3 is 1. The van der Waals surface area contributed by atoms with E-state index in [1.807, 2.05) is 31.2 Å². The van der Waals surface area contributed by atoms with Crippen LogP contribution < -0.4 is 20.1 Å². The fourth-order valence-electron chi connectivity index (χ4n) is 2.35. The van der Waals surface area contributed by atoms with E-state index in [1.54, 1.807) is 14.2 Å². The van der Waals surface area contributed by atoms with E-state index in [4.69, 9.17) is 14.2 Å². The molecule has 1 atom stereocenters. The van der Waals surface area contributed by atoms with E-state index in [2.05, 4.69) is 15.6 Å². The third-order valence-electron chi connectivity index (χ3n) is 3.99. The van der Waals surface area contributed by atoms with Gasteiger partial charge in [-0.25, -0.2) is 0 Å². The molecule has 0 bridgehead atoms. The number of aliphatic imine (C=N–C) groups is 1. The van der Waals surface area contributed by atoms with Gasteiger partial charge in [0, 0.05) is 26.8 Å². The highest BCUT2D eigenvalue weighted by Gasteiger charge is 2.20. The maximum Gasteiger partial charge on any atom is 0.191 e. The molecule has 2 N–H and O–H groups in total. The molecule has 0 aromatic heterocycles. The van der Waals surface area contributed by atoms with Crippen LogP contribution in [0.4, 0.5) is 0 Å². The Morgan fingerprint density at radius 1 is 1.24 bits per heavy atom. The minimum Gasteiger partial charge on any atom is -0.493 e. The molecular formula is C19H31N3O3. The van der Waals surface area contributed by atoms with Gasteiger partial charge < -0.3 is 24.8 Å². The number of para-hydroxylation sites is 2. The largest absolute Gasteiger partial charge is 0.493 e. The van der Waals surface area contributed by atoms with E-state index in [0.29, 0.717) is 6.54 Å². The maximum absolute atomic E-state index is 5.93. The molecule has 1 fully saturated rings. The maximum atomic E-state index is 5.93. The molecule has 6 heteroatoms. The van der Waals surface area contributed by atoms with Crippen molar-refractivity contribution in [1.29, 1.82) is 0 Å². The number of hydrogen-bond acceptors (Lipinski definition) is 4. The van der Waals surface area contributed by atoms with Crippen LogP contribution >= 0.6 is 0 Å². The quantitative estimate of drug-likeness (QED) is 0.365. The lowest BCUT2D eigenvalue weighted by Gasteiger charge is -2.19. The van der Waals surface area contributed by atoms with Gasteiger partial charge in [0.1, 0.15) is 6.10 Å². The molecule has 0 aliphatic heterocycles. The molecule has 25 heavy (non-hydrogen) atoms. The van der Waals surface area contributed by atoms with Crippen LogP contribution in [-0.4, -0.2) is 52.5 Å². The van der Waals surface area contributed by atoms with E-state index in [-0.39, 0.29) is 6.10 Å². The Morgan fingerprint density at radius 3 is 2.68 bits per heavy atom. The van der Waals surface area contributed by atoms with Crippen molar-refractivity contribution < 1.29 is 14.2 Å². The Balaban J connectivity index is 1.60. The summed E-state index contributed by atoms with van der Waals surface area (Å²) in [6.07, 6.45) is 3.63. The lowest BCUT2D eigenvalue weighted by Crippen LogP contribution is -2.42. The molecule has 0 amide bonds. The first-order valence-corrected chi connectivity index (χ1v) is 9.05. The van der Waals surface area contributed by atoms with Crippen molar-refractivity contribution in [3.63, 3.8) is 0 Å². The van der Waals surface area contributed by atoms with Crippen molar-refractivity contribution in [1.82, 2.24) is 10.6 Å². The molecule has 6 nitrogen and oxygen atoms in total. The molecule has 0 saturated heterocycles. The highest BCUT2D eigenvalue weighted by molar-refractivity contribution is 5.79. The summed E-state index contributed by atoms with van der Waals surface area (Å²) in [5, 5.41) is 6.57. The van der Waals surface area contributed by atoms with E-state index in [1.165, 1.54) is 12.8 Å². The fourth-order valence-corrected chi connectivity index (χ4v) is 2.35. The van der Waals surface area contributed by atoms with Gasteiger partial charge in [0.05, 0.1) is 13.7 Å². The van der Waals surface area contributed by atoms with Crippen LogP contribution in [0, 0.1) is 5.92 Å². The number of nitrogens with one attached hydrogen (secondary N) is 2. The van der Waals surface area contributed by atoms with E-state index in [9.17, 15) is 0 Å². The minimum absolute atomic E-state index is 0.0169. The molecule has 140 valence electrons. The van der Waals surface area contributed by atoms with Crippen LogP contribution in [0.1, 0.15) is 26.2 Å². The summed E-state index contributed by atoms with van der Waals surface area (Å²) in [5.74, 6) is 3.09. The number of ether oxygens (including phenoxy) is 3. The Kier molecular flexibility index (Phi) is 8.39.